The Morgan fingerprint density at radius 1 is 1.36 bits per heavy atom. The Labute approximate surface area is 138 Å². The van der Waals surface area contributed by atoms with Gasteiger partial charge in [-0.1, -0.05) is 35.0 Å². The Kier molecular flexibility index (Phi) is 5.28. The van der Waals surface area contributed by atoms with Gasteiger partial charge >= 0.3 is 5.69 Å². The molecule has 3 N–H and O–H groups in total. The molecule has 1 aromatic heterocycles. The topological polar surface area (TPSA) is 108 Å². The summed E-state index contributed by atoms with van der Waals surface area (Å²) in [5.41, 5.74) is -0.999. The van der Waals surface area contributed by atoms with E-state index < -0.39 is 16.5 Å². The van der Waals surface area contributed by atoms with Crippen LogP contribution in [0.25, 0.3) is 0 Å². The van der Waals surface area contributed by atoms with Crippen LogP contribution in [0.4, 0.5) is 5.69 Å². The number of hydrogen-bond acceptors (Lipinski definition) is 5. The number of nitrogens with zero attached hydrogens (tertiary/aromatic N) is 1. The summed E-state index contributed by atoms with van der Waals surface area (Å²) in [6.45, 7) is 1.59. The smallest absolute Gasteiger partial charge is 0.324 e. The van der Waals surface area contributed by atoms with E-state index in [-0.39, 0.29) is 10.9 Å². The van der Waals surface area contributed by atoms with Crippen LogP contribution >= 0.6 is 35.0 Å². The molecule has 0 radical (unpaired) electrons. The highest BCUT2D eigenvalue weighted by atomic mass is 35.5. The van der Waals surface area contributed by atoms with E-state index in [4.69, 9.17) is 23.2 Å². The minimum absolute atomic E-state index is 0.0144. The summed E-state index contributed by atoms with van der Waals surface area (Å²) in [5.74, 6) is -0.387. The fourth-order valence-electron chi connectivity index (χ4n) is 1.47. The van der Waals surface area contributed by atoms with Gasteiger partial charge in [-0.15, -0.1) is 0 Å². The number of aromatic nitrogens is 3. The number of rotatable bonds is 4. The lowest BCUT2D eigenvalue weighted by Crippen LogP contribution is -2.28. The minimum Gasteiger partial charge on any atom is -0.324 e. The van der Waals surface area contributed by atoms with E-state index >= 15 is 0 Å². The number of aromatic amines is 2. The molecule has 1 unspecified atom stereocenters. The van der Waals surface area contributed by atoms with Gasteiger partial charge in [0, 0.05) is 5.02 Å². The number of carbonyl (C=O) groups is 1. The molecule has 0 spiro atoms. The molecule has 7 nitrogen and oxygen atoms in total. The molecule has 0 aliphatic rings. The summed E-state index contributed by atoms with van der Waals surface area (Å²) >= 11 is 12.7. The van der Waals surface area contributed by atoms with Gasteiger partial charge in [0.1, 0.15) is 0 Å². The first-order chi connectivity index (χ1) is 10.4. The van der Waals surface area contributed by atoms with E-state index in [1.165, 1.54) is 6.07 Å². The Balaban J connectivity index is 2.10. The Hall–Kier alpha value is -1.77. The molecule has 22 heavy (non-hydrogen) atoms. The van der Waals surface area contributed by atoms with Crippen molar-refractivity contribution < 1.29 is 4.79 Å². The van der Waals surface area contributed by atoms with Crippen molar-refractivity contribution in [2.75, 3.05) is 5.32 Å². The number of carbonyl (C=O) groups excluding carboxylic acids is 1. The average Bonchev–Trinajstić information content (AvgIpc) is 2.45. The predicted octanol–water partition coefficient (Wildman–Crippen LogP) is 1.88. The van der Waals surface area contributed by atoms with Gasteiger partial charge in [0.15, 0.2) is 5.03 Å². The Bertz CT molecular complexity index is 821. The third kappa shape index (κ3) is 4.12. The SMILES string of the molecule is CC(Sc1n[nH]c(=O)[nH]c1=O)C(=O)Nc1cc(Cl)ccc1Cl. The van der Waals surface area contributed by atoms with Crippen molar-refractivity contribution in [1.82, 2.24) is 15.2 Å². The highest BCUT2D eigenvalue weighted by molar-refractivity contribution is 8.00. The van der Waals surface area contributed by atoms with Crippen LogP contribution in [0, 0.1) is 0 Å². The van der Waals surface area contributed by atoms with Crippen molar-refractivity contribution in [3.05, 3.63) is 49.1 Å². The van der Waals surface area contributed by atoms with E-state index in [0.29, 0.717) is 15.7 Å². The van der Waals surface area contributed by atoms with Crippen LogP contribution in [0.5, 0.6) is 0 Å². The molecule has 0 fully saturated rings. The van der Waals surface area contributed by atoms with Gasteiger partial charge in [0.2, 0.25) is 5.91 Å². The van der Waals surface area contributed by atoms with Gasteiger partial charge in [0.25, 0.3) is 5.56 Å². The molecule has 2 rings (SSSR count). The van der Waals surface area contributed by atoms with E-state index in [2.05, 4.69) is 15.5 Å². The van der Waals surface area contributed by atoms with Crippen LogP contribution in [0.15, 0.2) is 32.8 Å². The van der Waals surface area contributed by atoms with Crippen molar-refractivity contribution in [1.29, 1.82) is 0 Å². The number of nitrogens with one attached hydrogen (secondary N) is 3. The highest BCUT2D eigenvalue weighted by Gasteiger charge is 2.18. The summed E-state index contributed by atoms with van der Waals surface area (Å²) in [4.78, 5) is 36.6. The van der Waals surface area contributed by atoms with Crippen molar-refractivity contribution >= 4 is 46.6 Å². The maximum absolute atomic E-state index is 12.1. The molecule has 0 aliphatic carbocycles. The normalized spacial score (nSPS) is 12.0. The fraction of sp³-hybridized carbons (Fsp3) is 0.167. The van der Waals surface area contributed by atoms with Crippen LogP contribution in [-0.4, -0.2) is 26.3 Å². The van der Waals surface area contributed by atoms with Crippen LogP contribution < -0.4 is 16.6 Å². The number of H-pyrrole nitrogens is 2. The quantitative estimate of drug-likeness (QED) is 0.721. The molecule has 1 amide bonds. The molecule has 0 saturated carbocycles. The third-order valence-corrected chi connectivity index (χ3v) is 4.16. The number of amides is 1. The van der Waals surface area contributed by atoms with Gasteiger partial charge in [-0.3, -0.25) is 14.6 Å². The number of halogens is 2. The molecule has 116 valence electrons. The lowest BCUT2D eigenvalue weighted by Gasteiger charge is -2.12. The molecule has 10 heteroatoms. The minimum atomic E-state index is -0.711. The van der Waals surface area contributed by atoms with Crippen LogP contribution in [0.2, 0.25) is 10.0 Å². The van der Waals surface area contributed by atoms with Crippen molar-refractivity contribution in [3.63, 3.8) is 0 Å². The monoisotopic (exact) mass is 360 g/mol. The molecule has 0 bridgehead atoms. The van der Waals surface area contributed by atoms with Gasteiger partial charge in [-0.25, -0.2) is 9.89 Å². The molecule has 0 aliphatic heterocycles. The molecular formula is C12H10Cl2N4O3S. The van der Waals surface area contributed by atoms with Crippen LogP contribution in [0.1, 0.15) is 6.92 Å². The first-order valence-corrected chi connectivity index (χ1v) is 7.62. The zero-order valence-corrected chi connectivity index (χ0v) is 13.5. The molecule has 2 aromatic rings. The maximum Gasteiger partial charge on any atom is 0.342 e. The van der Waals surface area contributed by atoms with Gasteiger partial charge in [-0.05, 0) is 25.1 Å². The molecule has 1 atom stereocenters. The molecule has 1 heterocycles. The summed E-state index contributed by atoms with van der Waals surface area (Å²) in [6, 6.07) is 4.68. The second-order valence-corrected chi connectivity index (χ2v) is 6.36. The summed E-state index contributed by atoms with van der Waals surface area (Å²) in [7, 11) is 0. The largest absolute Gasteiger partial charge is 0.342 e. The highest BCUT2D eigenvalue weighted by Crippen LogP contribution is 2.26. The summed E-state index contributed by atoms with van der Waals surface area (Å²) in [5, 5.41) is 8.42. The van der Waals surface area contributed by atoms with Crippen LogP contribution in [-0.2, 0) is 4.79 Å². The molecule has 0 saturated heterocycles. The lowest BCUT2D eigenvalue weighted by molar-refractivity contribution is -0.115. The van der Waals surface area contributed by atoms with Gasteiger partial charge in [-0.2, -0.15) is 5.10 Å². The number of thioether (sulfide) groups is 1. The standard InChI is InChI=1S/C12H10Cl2N4O3S/c1-5(22-11-10(20)16-12(21)18-17-11)9(19)15-8-4-6(13)2-3-7(8)14/h2-5H,1H3,(H,15,19)(H2,16,18,20,21). The van der Waals surface area contributed by atoms with E-state index in [1.54, 1.807) is 19.1 Å². The van der Waals surface area contributed by atoms with E-state index in [0.717, 1.165) is 11.8 Å². The first-order valence-electron chi connectivity index (χ1n) is 5.98. The third-order valence-electron chi connectivity index (χ3n) is 2.52. The second-order valence-electron chi connectivity index (χ2n) is 4.19. The first kappa shape index (κ1) is 16.6. The van der Waals surface area contributed by atoms with E-state index in [1.807, 2.05) is 4.98 Å². The zero-order chi connectivity index (χ0) is 16.3. The second kappa shape index (κ2) is 6.99. The maximum atomic E-state index is 12.1. The number of hydrogen-bond donors (Lipinski definition) is 3. The van der Waals surface area contributed by atoms with Gasteiger partial charge < -0.3 is 5.32 Å². The van der Waals surface area contributed by atoms with Gasteiger partial charge in [0.05, 0.1) is 16.0 Å². The number of anilines is 1. The zero-order valence-electron chi connectivity index (χ0n) is 11.1. The summed E-state index contributed by atoms with van der Waals surface area (Å²) < 4.78 is 0. The van der Waals surface area contributed by atoms with E-state index in [9.17, 15) is 14.4 Å². The fourth-order valence-corrected chi connectivity index (χ4v) is 2.56. The predicted molar refractivity (Wildman–Crippen MR) is 85.9 cm³/mol. The number of benzene rings is 1. The lowest BCUT2D eigenvalue weighted by atomic mass is 10.3. The Morgan fingerprint density at radius 3 is 2.77 bits per heavy atom. The van der Waals surface area contributed by atoms with Crippen molar-refractivity contribution in [2.45, 2.75) is 17.2 Å². The molecule has 1 aromatic carbocycles. The average molecular weight is 361 g/mol. The summed E-state index contributed by atoms with van der Waals surface area (Å²) in [6.07, 6.45) is 0. The van der Waals surface area contributed by atoms with Crippen molar-refractivity contribution in [2.24, 2.45) is 0 Å². The Morgan fingerprint density at radius 2 is 2.09 bits per heavy atom. The van der Waals surface area contributed by atoms with Crippen molar-refractivity contribution in [3.8, 4) is 0 Å². The van der Waals surface area contributed by atoms with Crippen LogP contribution in [0.3, 0.4) is 0 Å². The molecular weight excluding hydrogens is 351 g/mol.